The number of amides is 1. The molecule has 2 rings (SSSR count). The molecule has 1 aliphatic carbocycles. The Labute approximate surface area is 121 Å². The van der Waals surface area contributed by atoms with Gasteiger partial charge in [0.05, 0.1) is 11.3 Å². The van der Waals surface area contributed by atoms with E-state index in [9.17, 15) is 4.79 Å². The van der Waals surface area contributed by atoms with Crippen LogP contribution >= 0.6 is 0 Å². The van der Waals surface area contributed by atoms with Crippen molar-refractivity contribution in [2.75, 3.05) is 6.54 Å². The average molecular weight is 278 g/mol. The SMILES string of the molecule is CCc1nn(C)cc1C(=O)N(CC)C1CCC(N)CC1. The maximum absolute atomic E-state index is 12.8. The van der Waals surface area contributed by atoms with Crippen LogP contribution in [0.3, 0.4) is 0 Å². The van der Waals surface area contributed by atoms with Crippen LogP contribution in [0.5, 0.6) is 0 Å². The van der Waals surface area contributed by atoms with Crippen LogP contribution in [-0.4, -0.2) is 39.2 Å². The van der Waals surface area contributed by atoms with Crippen LogP contribution in [-0.2, 0) is 13.5 Å². The van der Waals surface area contributed by atoms with E-state index in [1.807, 2.05) is 25.1 Å². The molecule has 0 spiro atoms. The summed E-state index contributed by atoms with van der Waals surface area (Å²) in [5.74, 6) is 0.123. The summed E-state index contributed by atoms with van der Waals surface area (Å²) >= 11 is 0. The molecule has 0 radical (unpaired) electrons. The number of aromatic nitrogens is 2. The lowest BCUT2D eigenvalue weighted by Gasteiger charge is -2.35. The molecule has 1 heterocycles. The Balaban J connectivity index is 2.16. The molecular formula is C15H26N4O. The first-order valence-electron chi connectivity index (χ1n) is 7.65. The van der Waals surface area contributed by atoms with Gasteiger partial charge in [-0.25, -0.2) is 0 Å². The molecular weight excluding hydrogens is 252 g/mol. The van der Waals surface area contributed by atoms with E-state index in [0.29, 0.717) is 12.1 Å². The number of hydrogen-bond donors (Lipinski definition) is 1. The lowest BCUT2D eigenvalue weighted by atomic mass is 9.90. The quantitative estimate of drug-likeness (QED) is 0.912. The number of carbonyl (C=O) groups excluding carboxylic acids is 1. The molecule has 0 aromatic carbocycles. The van der Waals surface area contributed by atoms with Crippen molar-refractivity contribution in [3.63, 3.8) is 0 Å². The van der Waals surface area contributed by atoms with Crippen molar-refractivity contribution in [2.45, 2.75) is 58.0 Å². The topological polar surface area (TPSA) is 64.2 Å². The summed E-state index contributed by atoms with van der Waals surface area (Å²) < 4.78 is 1.73. The van der Waals surface area contributed by atoms with Gasteiger partial charge in [-0.15, -0.1) is 0 Å². The Morgan fingerprint density at radius 3 is 2.60 bits per heavy atom. The molecule has 2 N–H and O–H groups in total. The fourth-order valence-corrected chi connectivity index (χ4v) is 3.11. The molecule has 5 nitrogen and oxygen atoms in total. The van der Waals surface area contributed by atoms with E-state index in [-0.39, 0.29) is 5.91 Å². The predicted molar refractivity (Wildman–Crippen MR) is 79.5 cm³/mol. The van der Waals surface area contributed by atoms with E-state index >= 15 is 0 Å². The molecule has 0 atom stereocenters. The summed E-state index contributed by atoms with van der Waals surface area (Å²) in [5.41, 5.74) is 7.61. The molecule has 0 bridgehead atoms. The summed E-state index contributed by atoms with van der Waals surface area (Å²) in [6.45, 7) is 4.83. The Hall–Kier alpha value is -1.36. The molecule has 0 aliphatic heterocycles. The first-order chi connectivity index (χ1) is 9.56. The molecule has 5 heteroatoms. The highest BCUT2D eigenvalue weighted by Crippen LogP contribution is 2.24. The fraction of sp³-hybridized carbons (Fsp3) is 0.733. The average Bonchev–Trinajstić information content (AvgIpc) is 2.82. The van der Waals surface area contributed by atoms with Gasteiger partial charge in [0.1, 0.15) is 0 Å². The van der Waals surface area contributed by atoms with Gasteiger partial charge in [-0.05, 0) is 39.0 Å². The van der Waals surface area contributed by atoms with Crippen molar-refractivity contribution in [1.82, 2.24) is 14.7 Å². The van der Waals surface area contributed by atoms with Crippen molar-refractivity contribution in [3.05, 3.63) is 17.5 Å². The van der Waals surface area contributed by atoms with Crippen LogP contribution in [0, 0.1) is 0 Å². The number of carbonyl (C=O) groups is 1. The van der Waals surface area contributed by atoms with Crippen LogP contribution in [0.4, 0.5) is 0 Å². The van der Waals surface area contributed by atoms with Crippen LogP contribution in [0.25, 0.3) is 0 Å². The third kappa shape index (κ3) is 3.03. The van der Waals surface area contributed by atoms with E-state index in [0.717, 1.165) is 49.9 Å². The number of aryl methyl sites for hydroxylation is 2. The number of rotatable bonds is 4. The maximum atomic E-state index is 12.8. The highest BCUT2D eigenvalue weighted by molar-refractivity contribution is 5.95. The molecule has 1 aromatic heterocycles. The second-order valence-corrected chi connectivity index (χ2v) is 5.68. The van der Waals surface area contributed by atoms with Crippen LogP contribution in [0.1, 0.15) is 55.6 Å². The molecule has 1 saturated carbocycles. The van der Waals surface area contributed by atoms with Crippen LogP contribution in [0.2, 0.25) is 0 Å². The van der Waals surface area contributed by atoms with E-state index < -0.39 is 0 Å². The standard InChI is InChI=1S/C15H26N4O/c1-4-14-13(10-18(3)17-14)15(20)19(5-2)12-8-6-11(16)7-9-12/h10-12H,4-9,16H2,1-3H3. The van der Waals surface area contributed by atoms with Crippen molar-refractivity contribution >= 4 is 5.91 Å². The third-order valence-electron chi connectivity index (χ3n) is 4.25. The smallest absolute Gasteiger partial charge is 0.257 e. The van der Waals surface area contributed by atoms with Crippen LogP contribution < -0.4 is 5.73 Å². The lowest BCUT2D eigenvalue weighted by Crippen LogP contribution is -2.44. The zero-order valence-electron chi connectivity index (χ0n) is 12.8. The van der Waals surface area contributed by atoms with Gasteiger partial charge in [0.25, 0.3) is 5.91 Å². The first kappa shape index (κ1) is 15.0. The molecule has 112 valence electrons. The van der Waals surface area contributed by atoms with E-state index in [1.165, 1.54) is 0 Å². The largest absolute Gasteiger partial charge is 0.336 e. The Kier molecular flexibility index (Phi) is 4.81. The van der Waals surface area contributed by atoms with Gasteiger partial charge in [0.15, 0.2) is 0 Å². The van der Waals surface area contributed by atoms with Gasteiger partial charge in [0, 0.05) is 31.9 Å². The normalized spacial score (nSPS) is 22.8. The minimum Gasteiger partial charge on any atom is -0.336 e. The van der Waals surface area contributed by atoms with Crippen molar-refractivity contribution < 1.29 is 4.79 Å². The highest BCUT2D eigenvalue weighted by atomic mass is 16.2. The monoisotopic (exact) mass is 278 g/mol. The maximum Gasteiger partial charge on any atom is 0.257 e. The Bertz CT molecular complexity index is 460. The Morgan fingerprint density at radius 1 is 1.40 bits per heavy atom. The van der Waals surface area contributed by atoms with Gasteiger partial charge in [-0.1, -0.05) is 6.92 Å². The summed E-state index contributed by atoms with van der Waals surface area (Å²) in [6, 6.07) is 0.641. The van der Waals surface area contributed by atoms with Gasteiger partial charge in [-0.3, -0.25) is 9.48 Å². The second kappa shape index (κ2) is 6.39. The summed E-state index contributed by atoms with van der Waals surface area (Å²) in [5, 5.41) is 4.37. The molecule has 0 unspecified atom stereocenters. The van der Waals surface area contributed by atoms with Gasteiger partial charge in [0.2, 0.25) is 0 Å². The molecule has 20 heavy (non-hydrogen) atoms. The molecule has 1 amide bonds. The van der Waals surface area contributed by atoms with Gasteiger partial charge >= 0.3 is 0 Å². The van der Waals surface area contributed by atoms with E-state index in [4.69, 9.17) is 5.73 Å². The molecule has 1 aromatic rings. The number of hydrogen-bond acceptors (Lipinski definition) is 3. The van der Waals surface area contributed by atoms with Crippen molar-refractivity contribution in [3.8, 4) is 0 Å². The predicted octanol–water partition coefficient (Wildman–Crippen LogP) is 1.71. The molecule has 1 aliphatic rings. The van der Waals surface area contributed by atoms with Crippen LogP contribution in [0.15, 0.2) is 6.20 Å². The molecule has 1 fully saturated rings. The summed E-state index contributed by atoms with van der Waals surface area (Å²) in [7, 11) is 1.87. The van der Waals surface area contributed by atoms with Gasteiger partial charge in [-0.2, -0.15) is 5.10 Å². The highest BCUT2D eigenvalue weighted by Gasteiger charge is 2.29. The number of nitrogens with zero attached hydrogens (tertiary/aromatic N) is 3. The summed E-state index contributed by atoms with van der Waals surface area (Å²) in [6.07, 6.45) is 6.70. The van der Waals surface area contributed by atoms with Gasteiger partial charge < -0.3 is 10.6 Å². The van der Waals surface area contributed by atoms with Crippen molar-refractivity contribution in [2.24, 2.45) is 12.8 Å². The van der Waals surface area contributed by atoms with Crippen molar-refractivity contribution in [1.29, 1.82) is 0 Å². The second-order valence-electron chi connectivity index (χ2n) is 5.68. The lowest BCUT2D eigenvalue weighted by molar-refractivity contribution is 0.0639. The van der Waals surface area contributed by atoms with E-state index in [1.54, 1.807) is 4.68 Å². The zero-order chi connectivity index (χ0) is 14.7. The zero-order valence-corrected chi connectivity index (χ0v) is 12.8. The minimum atomic E-state index is 0.123. The first-order valence-corrected chi connectivity index (χ1v) is 7.65. The fourth-order valence-electron chi connectivity index (χ4n) is 3.11. The minimum absolute atomic E-state index is 0.123. The van der Waals surface area contributed by atoms with E-state index in [2.05, 4.69) is 12.0 Å². The third-order valence-corrected chi connectivity index (χ3v) is 4.25. The summed E-state index contributed by atoms with van der Waals surface area (Å²) in [4.78, 5) is 14.8. The Morgan fingerprint density at radius 2 is 2.05 bits per heavy atom. The number of nitrogens with two attached hydrogens (primary N) is 1. The molecule has 0 saturated heterocycles.